The van der Waals surface area contributed by atoms with E-state index >= 15 is 0 Å². The number of halogens is 3. The Morgan fingerprint density at radius 2 is 0.852 bits per heavy atom. The number of nitriles is 8. The maximum absolute atomic E-state index is 10.4. The molecule has 0 aliphatic carbocycles. The van der Waals surface area contributed by atoms with Crippen LogP contribution in [0.5, 0.6) is 0 Å². The first-order valence-corrected chi connectivity index (χ1v) is 27.1. The molecule has 7 heterocycles. The molecule has 6 aromatic rings. The molecule has 2 aromatic heterocycles. The number of hydrogen-bond acceptors (Lipinski definition) is 20. The highest BCUT2D eigenvalue weighted by molar-refractivity contribution is 9.11. The summed E-state index contributed by atoms with van der Waals surface area (Å²) in [5.41, 5.74) is 0.250. The number of hydrogen-bond donors (Lipinski definition) is 0. The van der Waals surface area contributed by atoms with Gasteiger partial charge in [0.1, 0.15) is 55.6 Å². The molecule has 24 nitrogen and oxygen atoms in total. The number of benzene rings is 4. The van der Waals surface area contributed by atoms with Crippen molar-refractivity contribution in [3.05, 3.63) is 238 Å². The van der Waals surface area contributed by atoms with Gasteiger partial charge in [0.2, 0.25) is 5.69 Å². The molecule has 0 spiro atoms. The standard InChI is InChI=1S/C38H8N16.C17H14BN5O2.C5H2Br3N/c1-44-29(15-41)36-49-24-9-6-20(22(13-39)32(24)52-36)27-11-18(19-5-8-26-35(34(19)47-4)54-38(51-26)31(17-43)46-3)12-28(48-27)21-7-10-25-33(23(21)14-40)53-37(50-25)30(16-42)45-2;1-16(2)17(3,4)25-18(24-16)12-5-6-13-14(11(12)9-21)23-15(22-13)10(7-19)8-20;6-3-1-4(7)9-5(8)2-3/h5-12H;5-6H,1-4H3;1-2H/b36-29+,37-30+,38-31-;;. The van der Waals surface area contributed by atoms with Crippen molar-refractivity contribution in [3.63, 3.8) is 0 Å². The summed E-state index contributed by atoms with van der Waals surface area (Å²) in [5, 5.41) is 78.5. The van der Waals surface area contributed by atoms with Crippen LogP contribution in [0.15, 0.2) is 172 Å². The molecule has 5 aliphatic heterocycles. The summed E-state index contributed by atoms with van der Waals surface area (Å²) >= 11 is 9.80. The lowest BCUT2D eigenvalue weighted by molar-refractivity contribution is 0.00578. The number of aromatic nitrogens is 2. The van der Waals surface area contributed by atoms with Gasteiger partial charge in [0.15, 0.2) is 28.9 Å². The van der Waals surface area contributed by atoms with Gasteiger partial charge in [0.05, 0.1) is 111 Å². The van der Waals surface area contributed by atoms with Gasteiger partial charge in [-0.2, -0.15) is 26.3 Å². The molecule has 5 aliphatic rings. The number of allylic oxidation sites excluding steroid dienone is 4. The van der Waals surface area contributed by atoms with Crippen molar-refractivity contribution in [2.75, 3.05) is 0 Å². The van der Waals surface area contributed by atoms with Crippen molar-refractivity contribution in [1.29, 1.82) is 42.1 Å². The molecule has 410 valence electrons. The lowest BCUT2D eigenvalue weighted by atomic mass is 9.76. The quantitative estimate of drug-likeness (QED) is 0.0769. The first kappa shape index (κ1) is 60.4. The van der Waals surface area contributed by atoms with Gasteiger partial charge in [0.25, 0.3) is 0 Å². The molecule has 1 saturated heterocycles. The zero-order valence-corrected chi connectivity index (χ0v) is 50.1. The van der Waals surface area contributed by atoms with Crippen molar-refractivity contribution in [3.8, 4) is 82.2 Å². The second kappa shape index (κ2) is 24.6. The third kappa shape index (κ3) is 11.2. The minimum absolute atomic E-state index is 0.0163. The summed E-state index contributed by atoms with van der Waals surface area (Å²) in [6, 6.07) is 35.0. The lowest BCUT2D eigenvalue weighted by Crippen LogP contribution is -2.42. The molecule has 11 rings (SSSR count). The molecule has 0 N–H and O–H groups in total. The van der Waals surface area contributed by atoms with E-state index in [4.69, 9.17) is 51.1 Å². The molecule has 4 aromatic carbocycles. The number of nitrogens with zero attached hydrogens (tertiary/aromatic N) is 22. The molecular formula is C60H24BBr3N22O2. The van der Waals surface area contributed by atoms with E-state index in [1.54, 1.807) is 91.0 Å². The molecular weight excluding hydrogens is 1310 g/mol. The van der Waals surface area contributed by atoms with Crippen LogP contribution in [-0.4, -0.2) is 28.3 Å². The summed E-state index contributed by atoms with van der Waals surface area (Å²) in [4.78, 5) is 56.2. The van der Waals surface area contributed by atoms with Crippen molar-refractivity contribution in [2.45, 2.75) is 38.9 Å². The molecule has 0 saturated carbocycles. The first-order chi connectivity index (χ1) is 42.3. The lowest BCUT2D eigenvalue weighted by Gasteiger charge is -2.32. The van der Waals surface area contributed by atoms with Gasteiger partial charge < -0.3 is 9.31 Å². The molecule has 1 fully saturated rings. The zero-order valence-electron chi connectivity index (χ0n) is 45.3. The molecule has 0 atom stereocenters. The van der Waals surface area contributed by atoms with Crippen LogP contribution in [0, 0.1) is 117 Å². The van der Waals surface area contributed by atoms with Crippen LogP contribution in [0.1, 0.15) is 44.4 Å². The van der Waals surface area contributed by atoms with Gasteiger partial charge in [-0.1, -0.05) is 28.1 Å². The van der Waals surface area contributed by atoms with Crippen LogP contribution in [0.3, 0.4) is 0 Å². The van der Waals surface area contributed by atoms with Gasteiger partial charge in [-0.3, -0.25) is 0 Å². The number of pyridine rings is 2. The Balaban J connectivity index is 0.000000221. The number of rotatable bonds is 4. The van der Waals surface area contributed by atoms with Gasteiger partial charge >= 0.3 is 24.2 Å². The Kier molecular flexibility index (Phi) is 16.9. The van der Waals surface area contributed by atoms with E-state index in [0.717, 1.165) is 13.7 Å². The fourth-order valence-electron chi connectivity index (χ4n) is 8.73. The monoisotopic (exact) mass is 1330 g/mol. The first-order valence-electron chi connectivity index (χ1n) is 24.7. The molecule has 88 heavy (non-hydrogen) atoms. The normalized spacial score (nSPS) is 15.6. The highest BCUT2D eigenvalue weighted by atomic mass is 79.9. The van der Waals surface area contributed by atoms with Gasteiger partial charge in [-0.15, -0.1) is 0 Å². The highest BCUT2D eigenvalue weighted by Crippen LogP contribution is 2.38. The summed E-state index contributed by atoms with van der Waals surface area (Å²) in [6.45, 7) is 37.7. The summed E-state index contributed by atoms with van der Waals surface area (Å²) in [7, 11) is -0.709. The molecule has 0 unspecified atom stereocenters. The van der Waals surface area contributed by atoms with Crippen LogP contribution in [-0.2, 0) is 9.31 Å². The zero-order chi connectivity index (χ0) is 63.4. The Morgan fingerprint density at radius 1 is 0.466 bits per heavy atom. The number of fused-ring (bicyclic) bond motifs is 4. The Morgan fingerprint density at radius 3 is 1.25 bits per heavy atom. The molecule has 0 radical (unpaired) electrons. The second-order valence-electron chi connectivity index (χ2n) is 19.0. The summed E-state index contributed by atoms with van der Waals surface area (Å²) < 4.78 is 14.7. The van der Waals surface area contributed by atoms with Crippen LogP contribution in [0.2, 0.25) is 0 Å². The van der Waals surface area contributed by atoms with Crippen LogP contribution < -0.4 is 48.3 Å². The van der Waals surface area contributed by atoms with Crippen LogP contribution in [0.4, 0.5) is 5.69 Å². The van der Waals surface area contributed by atoms with Crippen LogP contribution >= 0.6 is 47.8 Å². The Hall–Kier alpha value is -12.2. The third-order valence-corrected chi connectivity index (χ3v) is 14.8. The fourth-order valence-corrected chi connectivity index (χ4v) is 10.9. The van der Waals surface area contributed by atoms with Gasteiger partial charge in [0, 0.05) is 21.1 Å². The molecule has 0 bridgehead atoms. The second-order valence-corrected chi connectivity index (χ2v) is 21.6. The minimum atomic E-state index is -0.709. The van der Waals surface area contributed by atoms with E-state index in [0.29, 0.717) is 27.3 Å². The van der Waals surface area contributed by atoms with Gasteiger partial charge in [-0.25, -0.2) is 85.1 Å². The van der Waals surface area contributed by atoms with Gasteiger partial charge in [-0.05, 0) is 131 Å². The predicted octanol–water partition coefficient (Wildman–Crippen LogP) is 6.71. The average molecular weight is 1340 g/mol. The smallest absolute Gasteiger partial charge is 0.399 e. The highest BCUT2D eigenvalue weighted by Gasteiger charge is 2.52. The van der Waals surface area contributed by atoms with E-state index in [-0.39, 0.29) is 123 Å². The SMILES string of the molecule is Brc1cc(Br)nc(Br)c1.CC1(C)OB(c2ccc3c(c2C#N)=NC(=C(C#N)C#N)N=3)OC1(C)C.[C-]#[N+]/C(C#N)=C1/N=c2ccc(-c3cc(-c4ccc5c(c4C#N)=N/C(=C(\C#N)[N+]#[C-])N=5)nc(-c4ccc5c(c4C#N)=N/C(=C(\C#N)[N+]#[C-])N=5)c3)c([N+]#[C-])c2=N1. The van der Waals surface area contributed by atoms with E-state index in [2.05, 4.69) is 130 Å². The summed E-state index contributed by atoms with van der Waals surface area (Å²) in [6.07, 6.45) is 0. The van der Waals surface area contributed by atoms with E-state index in [1.807, 2.05) is 39.8 Å². The van der Waals surface area contributed by atoms with Crippen molar-refractivity contribution in [2.24, 2.45) is 39.9 Å². The van der Waals surface area contributed by atoms with Crippen molar-refractivity contribution in [1.82, 2.24) is 9.97 Å². The van der Waals surface area contributed by atoms with Crippen molar-refractivity contribution >= 4 is 66.1 Å². The molecule has 28 heteroatoms. The van der Waals surface area contributed by atoms with E-state index in [1.165, 1.54) is 0 Å². The third-order valence-electron chi connectivity index (χ3n) is 13.5. The fraction of sp³-hybridized carbons (Fsp3) is 0.100. The largest absolute Gasteiger partial charge is 0.496 e. The minimum Gasteiger partial charge on any atom is -0.399 e. The maximum Gasteiger partial charge on any atom is 0.496 e. The van der Waals surface area contributed by atoms with Crippen LogP contribution in [0.25, 0.3) is 53.0 Å². The Bertz CT molecular complexity index is 5000. The summed E-state index contributed by atoms with van der Waals surface area (Å²) in [5.74, 6) is -0.399. The van der Waals surface area contributed by atoms with Crippen molar-refractivity contribution < 1.29 is 9.31 Å². The van der Waals surface area contributed by atoms with E-state index < -0.39 is 18.3 Å². The van der Waals surface area contributed by atoms with E-state index in [9.17, 15) is 31.6 Å². The maximum atomic E-state index is 10.4. The Labute approximate surface area is 522 Å². The average Bonchev–Trinajstić information content (AvgIpc) is 2.36. The molecule has 0 amide bonds. The predicted molar refractivity (Wildman–Crippen MR) is 316 cm³/mol. The topological polar surface area (TPSA) is 351 Å².